The zero-order chi connectivity index (χ0) is 28.4. The number of carboxylic acid groups (broad SMARTS) is 2. The second kappa shape index (κ2) is 14.3. The summed E-state index contributed by atoms with van der Waals surface area (Å²) in [6.07, 6.45) is -6.08. The van der Waals surface area contributed by atoms with Gasteiger partial charge in [-0.15, -0.1) is 11.3 Å². The number of carboxylic acids is 2. The Labute approximate surface area is 214 Å². The Morgan fingerprint density at radius 1 is 1.05 bits per heavy atom. The average Bonchev–Trinajstić information content (AvgIpc) is 3.35. The van der Waals surface area contributed by atoms with Crippen LogP contribution in [0.4, 0.5) is 26.3 Å². The SMILES string of the molecule is CCN(CC)CC1CN(Cc2ccc(C)s2)Cc2nccn2C1.O=C(O)C(F)(F)F.O=C(O)C(F)(F)F. The van der Waals surface area contributed by atoms with Crippen molar-refractivity contribution in [3.8, 4) is 0 Å². The van der Waals surface area contributed by atoms with Crippen LogP contribution < -0.4 is 0 Å². The van der Waals surface area contributed by atoms with Gasteiger partial charge >= 0.3 is 24.3 Å². The minimum Gasteiger partial charge on any atom is -0.475 e. The second-order valence-electron chi connectivity index (χ2n) is 8.14. The predicted octanol–water partition coefficient (Wildman–Crippen LogP) is 4.49. The van der Waals surface area contributed by atoms with Crippen LogP contribution in [0.15, 0.2) is 24.5 Å². The van der Waals surface area contributed by atoms with Gasteiger partial charge in [0.2, 0.25) is 0 Å². The maximum absolute atomic E-state index is 10.6. The van der Waals surface area contributed by atoms with Crippen molar-refractivity contribution < 1.29 is 46.1 Å². The summed E-state index contributed by atoms with van der Waals surface area (Å²) < 4.78 is 65.8. The van der Waals surface area contributed by atoms with E-state index in [1.807, 2.05) is 17.5 Å². The van der Waals surface area contributed by atoms with E-state index in [-0.39, 0.29) is 0 Å². The number of fused-ring (bicyclic) bond motifs is 1. The molecule has 3 rings (SSSR count). The molecule has 0 saturated carbocycles. The first-order chi connectivity index (χ1) is 17.1. The molecule has 1 unspecified atom stereocenters. The van der Waals surface area contributed by atoms with Crippen LogP contribution >= 0.6 is 11.3 Å². The highest BCUT2D eigenvalue weighted by Gasteiger charge is 2.38. The highest BCUT2D eigenvalue weighted by molar-refractivity contribution is 7.11. The van der Waals surface area contributed by atoms with Crippen LogP contribution in [0.1, 0.15) is 29.4 Å². The summed E-state index contributed by atoms with van der Waals surface area (Å²) in [5.41, 5.74) is 0. The van der Waals surface area contributed by atoms with E-state index in [0.29, 0.717) is 5.92 Å². The van der Waals surface area contributed by atoms with E-state index < -0.39 is 24.3 Å². The fourth-order valence-electron chi connectivity index (χ4n) is 3.50. The molecule has 210 valence electrons. The standard InChI is InChI=1S/C18H28N4S.2C2HF3O2/c1-4-20(5-2)10-16-11-21(13-17-7-6-15(3)23-17)14-18-19-8-9-22(18)12-16;2*3-2(4,5)1(6)7/h6-9,16H,4-5,10-14H2,1-3H3;2*(H,6,7). The molecule has 8 nitrogen and oxygen atoms in total. The van der Waals surface area contributed by atoms with E-state index in [1.54, 1.807) is 0 Å². The Balaban J connectivity index is 0.000000404. The molecule has 0 bridgehead atoms. The topological polar surface area (TPSA) is 98.9 Å². The summed E-state index contributed by atoms with van der Waals surface area (Å²) in [6.45, 7) is 14.4. The zero-order valence-corrected chi connectivity index (χ0v) is 21.3. The van der Waals surface area contributed by atoms with Crippen molar-refractivity contribution in [2.75, 3.05) is 26.2 Å². The van der Waals surface area contributed by atoms with Gasteiger partial charge in [0, 0.05) is 54.2 Å². The van der Waals surface area contributed by atoms with Crippen molar-refractivity contribution in [3.63, 3.8) is 0 Å². The van der Waals surface area contributed by atoms with Crippen LogP contribution in [-0.4, -0.2) is 80.0 Å². The molecule has 0 saturated heterocycles. The number of imidazole rings is 1. The molecule has 3 heterocycles. The van der Waals surface area contributed by atoms with E-state index in [2.05, 4.69) is 58.5 Å². The Kier molecular flexibility index (Phi) is 12.5. The molecule has 0 spiro atoms. The number of alkyl halides is 6. The highest BCUT2D eigenvalue weighted by atomic mass is 32.1. The Bertz CT molecular complexity index is 964. The van der Waals surface area contributed by atoms with Crippen molar-refractivity contribution in [1.82, 2.24) is 19.4 Å². The minimum absolute atomic E-state index is 0.659. The monoisotopic (exact) mass is 560 g/mol. The quantitative estimate of drug-likeness (QED) is 0.503. The van der Waals surface area contributed by atoms with Crippen molar-refractivity contribution in [2.24, 2.45) is 5.92 Å². The maximum Gasteiger partial charge on any atom is 0.490 e. The maximum atomic E-state index is 10.6. The van der Waals surface area contributed by atoms with Crippen LogP contribution in [0.3, 0.4) is 0 Å². The molecule has 37 heavy (non-hydrogen) atoms. The molecule has 1 atom stereocenters. The molecular formula is C22H30F6N4O4S. The van der Waals surface area contributed by atoms with Crippen LogP contribution in [0.5, 0.6) is 0 Å². The van der Waals surface area contributed by atoms with Gasteiger partial charge in [-0.25, -0.2) is 14.6 Å². The van der Waals surface area contributed by atoms with E-state index >= 15 is 0 Å². The van der Waals surface area contributed by atoms with Crippen molar-refractivity contribution in [3.05, 3.63) is 40.1 Å². The molecule has 15 heteroatoms. The third kappa shape index (κ3) is 12.0. The smallest absolute Gasteiger partial charge is 0.475 e. The van der Waals surface area contributed by atoms with Crippen molar-refractivity contribution in [1.29, 1.82) is 0 Å². The first-order valence-corrected chi connectivity index (χ1v) is 12.0. The minimum atomic E-state index is -5.08. The molecule has 1 aliphatic heterocycles. The van der Waals surface area contributed by atoms with Crippen molar-refractivity contribution in [2.45, 2.75) is 52.8 Å². The number of thiophene rings is 1. The number of aryl methyl sites for hydroxylation is 1. The summed E-state index contributed by atoms with van der Waals surface area (Å²) in [5, 5.41) is 14.2. The third-order valence-corrected chi connectivity index (χ3v) is 6.19. The Morgan fingerprint density at radius 2 is 1.59 bits per heavy atom. The average molecular weight is 561 g/mol. The van der Waals surface area contributed by atoms with Gasteiger partial charge in [-0.3, -0.25) is 4.90 Å². The summed E-state index contributed by atoms with van der Waals surface area (Å²) in [5.74, 6) is -3.65. The molecule has 0 aromatic carbocycles. The molecule has 0 radical (unpaired) electrons. The van der Waals surface area contributed by atoms with E-state index in [0.717, 1.165) is 39.3 Å². The van der Waals surface area contributed by atoms with Crippen LogP contribution in [0.2, 0.25) is 0 Å². The summed E-state index contributed by atoms with van der Waals surface area (Å²) >= 11 is 1.92. The molecule has 0 fully saturated rings. The number of aromatic nitrogens is 2. The van der Waals surface area contributed by atoms with Gasteiger partial charge in [-0.2, -0.15) is 26.3 Å². The van der Waals surface area contributed by atoms with Gasteiger partial charge in [0.05, 0.1) is 6.54 Å². The normalized spacial score (nSPS) is 16.1. The van der Waals surface area contributed by atoms with Gasteiger partial charge in [0.25, 0.3) is 0 Å². The first kappa shape index (κ1) is 32.4. The van der Waals surface area contributed by atoms with Crippen LogP contribution in [-0.2, 0) is 29.2 Å². The fraction of sp³-hybridized carbons (Fsp3) is 0.591. The van der Waals surface area contributed by atoms with Gasteiger partial charge in [0.15, 0.2) is 0 Å². The molecule has 1 aliphatic rings. The molecule has 0 aliphatic carbocycles. The first-order valence-electron chi connectivity index (χ1n) is 11.2. The number of halogens is 6. The second-order valence-corrected chi connectivity index (χ2v) is 9.51. The van der Waals surface area contributed by atoms with Crippen LogP contribution in [0.25, 0.3) is 0 Å². The van der Waals surface area contributed by atoms with Gasteiger partial charge in [0.1, 0.15) is 5.82 Å². The Hall–Kier alpha value is -2.65. The largest absolute Gasteiger partial charge is 0.490 e. The van der Waals surface area contributed by atoms with Gasteiger partial charge in [-0.1, -0.05) is 13.8 Å². The van der Waals surface area contributed by atoms with E-state index in [4.69, 9.17) is 19.8 Å². The molecular weight excluding hydrogens is 530 g/mol. The number of nitrogens with zero attached hydrogens (tertiary/aromatic N) is 4. The fourth-order valence-corrected chi connectivity index (χ4v) is 4.43. The Morgan fingerprint density at radius 3 is 2.03 bits per heavy atom. The lowest BCUT2D eigenvalue weighted by Gasteiger charge is -2.28. The summed E-state index contributed by atoms with van der Waals surface area (Å²) in [4.78, 5) is 30.3. The molecule has 2 aromatic heterocycles. The third-order valence-electron chi connectivity index (χ3n) is 5.21. The van der Waals surface area contributed by atoms with Gasteiger partial charge in [-0.05, 0) is 32.1 Å². The summed E-state index contributed by atoms with van der Waals surface area (Å²) in [6, 6.07) is 4.50. The number of carbonyl (C=O) groups is 2. The number of hydrogen-bond acceptors (Lipinski definition) is 6. The lowest BCUT2D eigenvalue weighted by molar-refractivity contribution is -0.193. The number of hydrogen-bond donors (Lipinski definition) is 2. The van der Waals surface area contributed by atoms with Crippen LogP contribution in [0, 0.1) is 12.8 Å². The molecule has 2 aromatic rings. The molecule has 0 amide bonds. The van der Waals surface area contributed by atoms with E-state index in [1.165, 1.54) is 22.1 Å². The van der Waals surface area contributed by atoms with Gasteiger partial charge < -0.3 is 19.7 Å². The number of aliphatic carboxylic acids is 2. The lowest BCUT2D eigenvalue weighted by Crippen LogP contribution is -2.36. The van der Waals surface area contributed by atoms with Crippen molar-refractivity contribution >= 4 is 23.3 Å². The zero-order valence-electron chi connectivity index (χ0n) is 20.5. The van der Waals surface area contributed by atoms with E-state index in [9.17, 15) is 26.3 Å². The number of rotatable bonds is 6. The summed E-state index contributed by atoms with van der Waals surface area (Å²) in [7, 11) is 0. The molecule has 2 N–H and O–H groups in total. The lowest BCUT2D eigenvalue weighted by atomic mass is 10.1. The highest BCUT2D eigenvalue weighted by Crippen LogP contribution is 2.22. The predicted molar refractivity (Wildman–Crippen MR) is 124 cm³/mol.